The Hall–Kier alpha value is -0.630. The third-order valence-corrected chi connectivity index (χ3v) is 1.91. The molecule has 2 unspecified atom stereocenters. The predicted octanol–water partition coefficient (Wildman–Crippen LogP) is 0.427. The lowest BCUT2D eigenvalue weighted by Crippen LogP contribution is -2.16. The van der Waals surface area contributed by atoms with Gasteiger partial charge in [-0.05, 0) is 12.6 Å². The van der Waals surface area contributed by atoms with E-state index in [1.807, 2.05) is 0 Å². The fourth-order valence-corrected chi connectivity index (χ4v) is 1.08. The van der Waals surface area contributed by atoms with Gasteiger partial charge in [0.2, 0.25) is 0 Å². The molecule has 0 saturated carbocycles. The first-order chi connectivity index (χ1) is 5.07. The molecule has 0 aromatic rings. The Labute approximate surface area is 66.8 Å². The van der Waals surface area contributed by atoms with Crippen molar-refractivity contribution >= 4 is 21.2 Å². The van der Waals surface area contributed by atoms with Gasteiger partial charge in [0.15, 0.2) is 0 Å². The van der Waals surface area contributed by atoms with Crippen molar-refractivity contribution in [3.63, 3.8) is 0 Å². The van der Waals surface area contributed by atoms with Gasteiger partial charge < -0.3 is 10.2 Å². The topological polar surface area (TPSA) is 74.6 Å². The van der Waals surface area contributed by atoms with Crippen LogP contribution in [0.15, 0.2) is 0 Å². The molecule has 0 heterocycles. The van der Waals surface area contributed by atoms with Crippen LogP contribution in [0.2, 0.25) is 0 Å². The summed E-state index contributed by atoms with van der Waals surface area (Å²) in [5.41, 5.74) is 0. The van der Waals surface area contributed by atoms with Gasteiger partial charge in [0, 0.05) is 6.42 Å². The van der Waals surface area contributed by atoms with Crippen molar-refractivity contribution in [3.8, 4) is 0 Å². The Morgan fingerprint density at radius 2 is 1.91 bits per heavy atom. The maximum absolute atomic E-state index is 10.3. The van der Waals surface area contributed by atoms with E-state index < -0.39 is 17.9 Å². The summed E-state index contributed by atoms with van der Waals surface area (Å²) in [5, 5.41) is 16.7. The number of hydrogen-bond donors (Lipinski definition) is 2. The summed E-state index contributed by atoms with van der Waals surface area (Å²) >= 11 is 0. The molecular formula is C6H11O4P. The molecule has 64 valence electrons. The highest BCUT2D eigenvalue weighted by Crippen LogP contribution is 2.09. The summed E-state index contributed by atoms with van der Waals surface area (Å²) in [6.45, 7) is 0. The number of rotatable bonds is 5. The van der Waals surface area contributed by atoms with Gasteiger partial charge in [-0.2, -0.15) is 0 Å². The molecule has 5 heteroatoms. The number of carboxylic acid groups (broad SMARTS) is 2. The molecule has 0 bridgehead atoms. The van der Waals surface area contributed by atoms with Crippen molar-refractivity contribution in [3.05, 3.63) is 0 Å². The lowest BCUT2D eigenvalue weighted by Gasteiger charge is -2.05. The Bertz CT molecular complexity index is 157. The second kappa shape index (κ2) is 5.08. The zero-order valence-corrected chi connectivity index (χ0v) is 7.14. The lowest BCUT2D eigenvalue weighted by atomic mass is 10.1. The van der Waals surface area contributed by atoms with Crippen LogP contribution in [0.4, 0.5) is 0 Å². The fraction of sp³-hybridized carbons (Fsp3) is 0.667. The van der Waals surface area contributed by atoms with E-state index in [-0.39, 0.29) is 12.8 Å². The van der Waals surface area contributed by atoms with Crippen LogP contribution in [0.25, 0.3) is 0 Å². The summed E-state index contributed by atoms with van der Waals surface area (Å²) in [6, 6.07) is 0. The van der Waals surface area contributed by atoms with Gasteiger partial charge in [-0.15, -0.1) is 9.24 Å². The molecule has 0 saturated heterocycles. The smallest absolute Gasteiger partial charge is 0.306 e. The molecule has 0 fully saturated rings. The van der Waals surface area contributed by atoms with Crippen LogP contribution in [-0.2, 0) is 9.59 Å². The molecule has 0 aliphatic rings. The molecule has 4 nitrogen and oxygen atoms in total. The molecule has 0 radical (unpaired) electrons. The predicted molar refractivity (Wildman–Crippen MR) is 42.6 cm³/mol. The van der Waals surface area contributed by atoms with E-state index in [4.69, 9.17) is 10.2 Å². The third-order valence-electron chi connectivity index (χ3n) is 1.34. The molecule has 0 aliphatic carbocycles. The Kier molecular flexibility index (Phi) is 4.79. The molecular weight excluding hydrogens is 167 g/mol. The van der Waals surface area contributed by atoms with Crippen LogP contribution in [0.3, 0.4) is 0 Å². The van der Waals surface area contributed by atoms with Crippen molar-refractivity contribution in [2.24, 2.45) is 5.92 Å². The SMILES string of the molecule is O=C(O)CCC(CP)C(=O)O. The molecule has 2 N–H and O–H groups in total. The van der Waals surface area contributed by atoms with Gasteiger partial charge in [0.25, 0.3) is 0 Å². The minimum Gasteiger partial charge on any atom is -0.481 e. The van der Waals surface area contributed by atoms with Crippen LogP contribution < -0.4 is 0 Å². The van der Waals surface area contributed by atoms with E-state index in [0.29, 0.717) is 6.16 Å². The summed E-state index contributed by atoms with van der Waals surface area (Å²) in [6.07, 6.45) is 0.530. The van der Waals surface area contributed by atoms with E-state index in [1.54, 1.807) is 0 Å². The van der Waals surface area contributed by atoms with Crippen molar-refractivity contribution < 1.29 is 19.8 Å². The minimum atomic E-state index is -0.949. The van der Waals surface area contributed by atoms with Crippen LogP contribution in [0.5, 0.6) is 0 Å². The normalized spacial score (nSPS) is 12.5. The fourth-order valence-electron chi connectivity index (χ4n) is 0.640. The Morgan fingerprint density at radius 1 is 1.36 bits per heavy atom. The van der Waals surface area contributed by atoms with Crippen molar-refractivity contribution in [1.82, 2.24) is 0 Å². The average molecular weight is 178 g/mol. The maximum Gasteiger partial charge on any atom is 0.306 e. The van der Waals surface area contributed by atoms with Crippen LogP contribution in [0.1, 0.15) is 12.8 Å². The number of hydrogen-bond acceptors (Lipinski definition) is 2. The number of carbonyl (C=O) groups is 2. The summed E-state index contributed by atoms with van der Waals surface area (Å²) < 4.78 is 0. The second-order valence-electron chi connectivity index (χ2n) is 2.20. The maximum atomic E-state index is 10.3. The summed E-state index contributed by atoms with van der Waals surface area (Å²) in [7, 11) is 2.29. The molecule has 0 aliphatic heterocycles. The van der Waals surface area contributed by atoms with E-state index >= 15 is 0 Å². The third kappa shape index (κ3) is 4.73. The van der Waals surface area contributed by atoms with E-state index in [0.717, 1.165) is 0 Å². The van der Waals surface area contributed by atoms with Gasteiger partial charge in [0.1, 0.15) is 0 Å². The van der Waals surface area contributed by atoms with Crippen molar-refractivity contribution in [1.29, 1.82) is 0 Å². The summed E-state index contributed by atoms with van der Waals surface area (Å²) in [5.74, 6) is -2.42. The largest absolute Gasteiger partial charge is 0.481 e. The van der Waals surface area contributed by atoms with Gasteiger partial charge >= 0.3 is 11.9 Å². The summed E-state index contributed by atoms with van der Waals surface area (Å²) in [4.78, 5) is 20.4. The molecule has 0 aromatic heterocycles. The van der Waals surface area contributed by atoms with E-state index in [2.05, 4.69) is 9.24 Å². The average Bonchev–Trinajstić information content (AvgIpc) is 1.87. The van der Waals surface area contributed by atoms with Crippen LogP contribution in [0, 0.1) is 5.92 Å². The monoisotopic (exact) mass is 178 g/mol. The minimum absolute atomic E-state index is 0.0780. The van der Waals surface area contributed by atoms with Crippen LogP contribution >= 0.6 is 9.24 Å². The van der Waals surface area contributed by atoms with Gasteiger partial charge in [-0.25, -0.2) is 0 Å². The lowest BCUT2D eigenvalue weighted by molar-refractivity contribution is -0.142. The Balaban J connectivity index is 3.70. The highest BCUT2D eigenvalue weighted by Gasteiger charge is 2.15. The van der Waals surface area contributed by atoms with Gasteiger partial charge in [-0.1, -0.05) is 0 Å². The molecule has 0 amide bonds. The van der Waals surface area contributed by atoms with E-state index in [9.17, 15) is 9.59 Å². The molecule has 11 heavy (non-hydrogen) atoms. The molecule has 2 atom stereocenters. The highest BCUT2D eigenvalue weighted by molar-refractivity contribution is 7.16. The first-order valence-electron chi connectivity index (χ1n) is 3.22. The zero-order chi connectivity index (χ0) is 8.85. The first-order valence-corrected chi connectivity index (χ1v) is 4.04. The zero-order valence-electron chi connectivity index (χ0n) is 5.99. The number of carboxylic acids is 2. The van der Waals surface area contributed by atoms with E-state index in [1.165, 1.54) is 0 Å². The highest BCUT2D eigenvalue weighted by atomic mass is 31.0. The molecule has 0 aromatic carbocycles. The second-order valence-corrected chi connectivity index (χ2v) is 2.67. The van der Waals surface area contributed by atoms with Crippen LogP contribution in [-0.4, -0.2) is 28.3 Å². The molecule has 0 rings (SSSR count). The molecule has 0 spiro atoms. The van der Waals surface area contributed by atoms with Gasteiger partial charge in [0.05, 0.1) is 5.92 Å². The quantitative estimate of drug-likeness (QED) is 0.598. The van der Waals surface area contributed by atoms with Crippen molar-refractivity contribution in [2.75, 3.05) is 6.16 Å². The number of aliphatic carboxylic acids is 2. The van der Waals surface area contributed by atoms with Crippen molar-refractivity contribution in [2.45, 2.75) is 12.8 Å². The first kappa shape index (κ1) is 10.4. The Morgan fingerprint density at radius 3 is 2.18 bits per heavy atom. The standard InChI is InChI=1S/C6H11O4P/c7-5(8)2-1-4(3-11)6(9)10/h4H,1-3,11H2,(H,7,8)(H,9,10). The van der Waals surface area contributed by atoms with Gasteiger partial charge in [-0.3, -0.25) is 9.59 Å².